The normalized spacial score (nSPS) is 20.0. The van der Waals surface area contributed by atoms with Crippen LogP contribution in [0.5, 0.6) is 0 Å². The lowest BCUT2D eigenvalue weighted by molar-refractivity contribution is -0.141. The molecule has 0 radical (unpaired) electrons. The molecular formula is C14H21N5O4S. The number of nitrogens with zero attached hydrogens (tertiary/aromatic N) is 3. The third-order valence-electron chi connectivity index (χ3n) is 3.84. The Morgan fingerprint density at radius 3 is 2.88 bits per heavy atom. The van der Waals surface area contributed by atoms with E-state index in [2.05, 4.69) is 25.3 Å². The zero-order chi connectivity index (χ0) is 17.7. The van der Waals surface area contributed by atoms with Gasteiger partial charge in [0.25, 0.3) is 0 Å². The first kappa shape index (κ1) is 18.3. The monoisotopic (exact) mass is 355 g/mol. The second-order valence-electron chi connectivity index (χ2n) is 5.27. The summed E-state index contributed by atoms with van der Waals surface area (Å²) in [5, 5.41) is 16.2. The molecule has 0 spiro atoms. The van der Waals surface area contributed by atoms with Gasteiger partial charge in [0.1, 0.15) is 11.9 Å². The van der Waals surface area contributed by atoms with Crippen LogP contribution < -0.4 is 10.6 Å². The Labute approximate surface area is 144 Å². The van der Waals surface area contributed by atoms with E-state index in [-0.39, 0.29) is 12.6 Å². The molecule has 132 valence electrons. The molecule has 9 nitrogen and oxygen atoms in total. The Morgan fingerprint density at radius 2 is 2.29 bits per heavy atom. The number of carbonyl (C=O) groups is 2. The van der Waals surface area contributed by atoms with Crippen molar-refractivity contribution >= 4 is 29.6 Å². The lowest BCUT2D eigenvalue weighted by Gasteiger charge is -2.19. The Kier molecular flexibility index (Phi) is 6.21. The summed E-state index contributed by atoms with van der Waals surface area (Å²) in [6.07, 6.45) is 3.33. The molecule has 1 aliphatic heterocycles. The van der Waals surface area contributed by atoms with Crippen molar-refractivity contribution in [3.05, 3.63) is 11.8 Å². The number of aliphatic carboxylic acids is 1. The van der Waals surface area contributed by atoms with E-state index < -0.39 is 18.1 Å². The average Bonchev–Trinajstić information content (AvgIpc) is 3.03. The second kappa shape index (κ2) is 8.15. The van der Waals surface area contributed by atoms with Crippen LogP contribution in [0.15, 0.2) is 11.4 Å². The Morgan fingerprint density at radius 1 is 1.54 bits per heavy atom. The number of aromatic nitrogens is 2. The fraction of sp³-hybridized carbons (Fsp3) is 0.571. The minimum Gasteiger partial charge on any atom is -0.480 e. The van der Waals surface area contributed by atoms with Crippen LogP contribution in [0.4, 0.5) is 10.6 Å². The SMILES string of the molecule is CNc1nc(SC)ncc1CNC1CC(C(=O)O)N(C(=O)OC)C1. The van der Waals surface area contributed by atoms with Crippen molar-refractivity contribution in [1.29, 1.82) is 0 Å². The molecule has 1 saturated heterocycles. The molecule has 1 aliphatic rings. The van der Waals surface area contributed by atoms with Gasteiger partial charge in [0, 0.05) is 37.9 Å². The molecular weight excluding hydrogens is 334 g/mol. The number of nitrogens with one attached hydrogen (secondary N) is 2. The fourth-order valence-corrected chi connectivity index (χ4v) is 2.97. The van der Waals surface area contributed by atoms with Gasteiger partial charge in [-0.3, -0.25) is 4.90 Å². The number of likely N-dealkylation sites (tertiary alicyclic amines) is 1. The average molecular weight is 355 g/mol. The van der Waals surface area contributed by atoms with Crippen molar-refractivity contribution in [1.82, 2.24) is 20.2 Å². The maximum absolute atomic E-state index is 11.7. The highest BCUT2D eigenvalue weighted by atomic mass is 32.2. The molecule has 1 fully saturated rings. The van der Waals surface area contributed by atoms with Crippen molar-refractivity contribution in [2.24, 2.45) is 0 Å². The van der Waals surface area contributed by atoms with Crippen molar-refractivity contribution in [2.45, 2.75) is 30.2 Å². The van der Waals surface area contributed by atoms with Gasteiger partial charge in [-0.25, -0.2) is 19.6 Å². The van der Waals surface area contributed by atoms with Gasteiger partial charge in [-0.2, -0.15) is 0 Å². The van der Waals surface area contributed by atoms with Crippen LogP contribution >= 0.6 is 11.8 Å². The minimum atomic E-state index is -1.03. The first-order valence-corrected chi connectivity index (χ1v) is 8.61. The third kappa shape index (κ3) is 4.06. The molecule has 2 atom stereocenters. The van der Waals surface area contributed by atoms with Crippen LogP contribution in [0.1, 0.15) is 12.0 Å². The molecule has 24 heavy (non-hydrogen) atoms. The topological polar surface area (TPSA) is 117 Å². The van der Waals surface area contributed by atoms with Crippen LogP contribution in [0.2, 0.25) is 0 Å². The van der Waals surface area contributed by atoms with Gasteiger partial charge in [-0.05, 0) is 12.7 Å². The van der Waals surface area contributed by atoms with Gasteiger partial charge in [0.05, 0.1) is 7.11 Å². The van der Waals surface area contributed by atoms with Crippen LogP contribution in [-0.4, -0.2) is 71.1 Å². The van der Waals surface area contributed by atoms with Crippen LogP contribution in [-0.2, 0) is 16.1 Å². The molecule has 10 heteroatoms. The predicted octanol–water partition coefficient (Wildman–Crippen LogP) is 0.624. The zero-order valence-corrected chi connectivity index (χ0v) is 14.6. The zero-order valence-electron chi connectivity index (χ0n) is 13.8. The number of rotatable bonds is 6. The van der Waals surface area contributed by atoms with Gasteiger partial charge in [-0.15, -0.1) is 0 Å². The van der Waals surface area contributed by atoms with E-state index in [9.17, 15) is 14.7 Å². The molecule has 2 rings (SSSR count). The summed E-state index contributed by atoms with van der Waals surface area (Å²) in [6, 6.07) is -1.02. The number of hydrogen-bond acceptors (Lipinski definition) is 8. The first-order chi connectivity index (χ1) is 11.5. The van der Waals surface area contributed by atoms with E-state index in [1.54, 1.807) is 13.2 Å². The van der Waals surface area contributed by atoms with Crippen LogP contribution in [0, 0.1) is 0 Å². The Hall–Kier alpha value is -2.07. The number of ether oxygens (including phenoxy) is 1. The molecule has 0 saturated carbocycles. The summed E-state index contributed by atoms with van der Waals surface area (Å²) in [7, 11) is 3.02. The highest BCUT2D eigenvalue weighted by molar-refractivity contribution is 7.98. The molecule has 0 aliphatic carbocycles. The number of amides is 1. The largest absolute Gasteiger partial charge is 0.480 e. The number of hydrogen-bond donors (Lipinski definition) is 3. The van der Waals surface area contributed by atoms with Gasteiger partial charge in [0.15, 0.2) is 5.16 Å². The number of carboxylic acids is 1. The van der Waals surface area contributed by atoms with Gasteiger partial charge >= 0.3 is 12.1 Å². The number of methoxy groups -OCH3 is 1. The molecule has 1 aromatic rings. The lowest BCUT2D eigenvalue weighted by Crippen LogP contribution is -2.40. The number of carboxylic acid groups (broad SMARTS) is 1. The second-order valence-corrected chi connectivity index (χ2v) is 6.04. The minimum absolute atomic E-state index is 0.143. The number of carbonyl (C=O) groups excluding carboxylic acids is 1. The standard InChI is InChI=1S/C14H21N5O4S/c1-15-11-8(6-17-13(18-11)24-3)5-16-9-4-10(12(20)21)19(7-9)14(22)23-2/h6,9-10,16H,4-5,7H2,1-3H3,(H,20,21)(H,15,17,18). The van der Waals surface area contributed by atoms with Crippen LogP contribution in [0.25, 0.3) is 0 Å². The van der Waals surface area contributed by atoms with Gasteiger partial charge in [-0.1, -0.05) is 11.8 Å². The quantitative estimate of drug-likeness (QED) is 0.499. The summed E-state index contributed by atoms with van der Waals surface area (Å²) in [4.78, 5) is 32.9. The van der Waals surface area contributed by atoms with E-state index in [0.29, 0.717) is 18.1 Å². The van der Waals surface area contributed by atoms with E-state index in [1.165, 1.54) is 23.8 Å². The summed E-state index contributed by atoms with van der Waals surface area (Å²) >= 11 is 1.45. The predicted molar refractivity (Wildman–Crippen MR) is 89.1 cm³/mol. The van der Waals surface area contributed by atoms with E-state index in [4.69, 9.17) is 0 Å². The van der Waals surface area contributed by atoms with Crippen molar-refractivity contribution in [2.75, 3.05) is 32.3 Å². The Balaban J connectivity index is 2.02. The number of thioether (sulfide) groups is 1. The first-order valence-electron chi connectivity index (χ1n) is 7.38. The molecule has 2 unspecified atom stereocenters. The summed E-state index contributed by atoms with van der Waals surface area (Å²) in [6.45, 7) is 0.749. The van der Waals surface area contributed by atoms with Crippen LogP contribution in [0.3, 0.4) is 0 Å². The van der Waals surface area contributed by atoms with E-state index >= 15 is 0 Å². The maximum atomic E-state index is 11.7. The van der Waals surface area contributed by atoms with Crippen molar-refractivity contribution in [3.63, 3.8) is 0 Å². The summed E-state index contributed by atoms with van der Waals surface area (Å²) in [5.41, 5.74) is 0.874. The van der Waals surface area contributed by atoms with Crippen molar-refractivity contribution in [3.8, 4) is 0 Å². The third-order valence-corrected chi connectivity index (χ3v) is 4.40. The Bertz CT molecular complexity index is 615. The van der Waals surface area contributed by atoms with E-state index in [0.717, 1.165) is 11.4 Å². The van der Waals surface area contributed by atoms with Gasteiger partial charge in [0.2, 0.25) is 0 Å². The highest BCUT2D eigenvalue weighted by Crippen LogP contribution is 2.21. The molecule has 1 amide bonds. The molecule has 3 N–H and O–H groups in total. The van der Waals surface area contributed by atoms with E-state index in [1.807, 2.05) is 6.26 Å². The lowest BCUT2D eigenvalue weighted by atomic mass is 10.1. The summed E-state index contributed by atoms with van der Waals surface area (Å²) in [5.74, 6) is -0.312. The molecule has 2 heterocycles. The highest BCUT2D eigenvalue weighted by Gasteiger charge is 2.40. The molecule has 0 aromatic carbocycles. The smallest absolute Gasteiger partial charge is 0.410 e. The summed E-state index contributed by atoms with van der Waals surface area (Å²) < 4.78 is 4.65. The number of anilines is 1. The van der Waals surface area contributed by atoms with Crippen molar-refractivity contribution < 1.29 is 19.4 Å². The maximum Gasteiger partial charge on any atom is 0.410 e. The molecule has 1 aromatic heterocycles. The van der Waals surface area contributed by atoms with Gasteiger partial charge < -0.3 is 20.5 Å². The fourth-order valence-electron chi connectivity index (χ4n) is 2.63. The molecule has 0 bridgehead atoms.